The lowest BCUT2D eigenvalue weighted by atomic mass is 10.0. The van der Waals surface area contributed by atoms with E-state index >= 15 is 0 Å². The molecule has 4 heterocycles. The van der Waals surface area contributed by atoms with Gasteiger partial charge in [-0.2, -0.15) is 5.10 Å². The summed E-state index contributed by atoms with van der Waals surface area (Å²) in [5.74, 6) is 0.691. The van der Waals surface area contributed by atoms with E-state index in [1.165, 1.54) is 17.5 Å². The molecule has 0 saturated heterocycles. The van der Waals surface area contributed by atoms with Gasteiger partial charge < -0.3 is 0 Å². The van der Waals surface area contributed by atoms with E-state index < -0.39 is 0 Å². The second kappa shape index (κ2) is 7.52. The Morgan fingerprint density at radius 2 is 1.83 bits per heavy atom. The van der Waals surface area contributed by atoms with Crippen molar-refractivity contribution in [3.63, 3.8) is 0 Å². The minimum atomic E-state index is 0.691. The second-order valence-electron chi connectivity index (χ2n) is 7.30. The predicted octanol–water partition coefficient (Wildman–Crippen LogP) is 2.89. The molecule has 0 bridgehead atoms. The Morgan fingerprint density at radius 1 is 1.00 bits per heavy atom. The Morgan fingerprint density at radius 3 is 2.66 bits per heavy atom. The lowest BCUT2D eigenvalue weighted by Crippen LogP contribution is -2.31. The smallest absolute Gasteiger partial charge is 0.162 e. The molecule has 3 aromatic heterocycles. The lowest BCUT2D eigenvalue weighted by Gasteiger charge is -2.28. The minimum absolute atomic E-state index is 0.691. The van der Waals surface area contributed by atoms with Crippen LogP contribution in [-0.4, -0.2) is 41.2 Å². The fraction of sp³-hybridized carbons (Fsp3) is 0.227. The molecule has 1 aliphatic heterocycles. The third kappa shape index (κ3) is 3.64. The van der Waals surface area contributed by atoms with Crippen molar-refractivity contribution in [3.8, 4) is 22.6 Å². The SMILES string of the molecule is Cn1cc(CN2CCc3nc(-c4cncnc4)ncc3C2)c(-c2ccccc2)n1. The number of aromatic nitrogens is 6. The maximum atomic E-state index is 4.76. The highest BCUT2D eigenvalue weighted by atomic mass is 15.3. The van der Waals surface area contributed by atoms with E-state index in [9.17, 15) is 0 Å². The van der Waals surface area contributed by atoms with Crippen LogP contribution in [0.5, 0.6) is 0 Å². The van der Waals surface area contributed by atoms with E-state index in [0.29, 0.717) is 5.82 Å². The molecule has 0 N–H and O–H groups in total. The monoisotopic (exact) mass is 383 g/mol. The second-order valence-corrected chi connectivity index (χ2v) is 7.30. The van der Waals surface area contributed by atoms with Gasteiger partial charge in [0.25, 0.3) is 0 Å². The van der Waals surface area contributed by atoms with Crippen LogP contribution in [0.25, 0.3) is 22.6 Å². The summed E-state index contributed by atoms with van der Waals surface area (Å²) in [6.07, 6.45) is 9.97. The van der Waals surface area contributed by atoms with Gasteiger partial charge in [-0.15, -0.1) is 0 Å². The van der Waals surface area contributed by atoms with E-state index in [2.05, 4.69) is 55.4 Å². The zero-order chi connectivity index (χ0) is 19.6. The van der Waals surface area contributed by atoms with Gasteiger partial charge in [0.15, 0.2) is 5.82 Å². The summed E-state index contributed by atoms with van der Waals surface area (Å²) >= 11 is 0. The average molecular weight is 383 g/mol. The fourth-order valence-electron chi connectivity index (χ4n) is 3.80. The quantitative estimate of drug-likeness (QED) is 0.540. The highest BCUT2D eigenvalue weighted by Crippen LogP contribution is 2.26. The van der Waals surface area contributed by atoms with Crippen molar-refractivity contribution in [2.75, 3.05) is 6.54 Å². The van der Waals surface area contributed by atoms with E-state index in [1.807, 2.05) is 24.0 Å². The van der Waals surface area contributed by atoms with Gasteiger partial charge in [-0.3, -0.25) is 9.58 Å². The molecule has 0 atom stereocenters. The maximum Gasteiger partial charge on any atom is 0.162 e. The normalized spacial score (nSPS) is 14.0. The van der Waals surface area contributed by atoms with Crippen molar-refractivity contribution in [1.82, 2.24) is 34.6 Å². The molecule has 0 saturated carbocycles. The van der Waals surface area contributed by atoms with Crippen LogP contribution >= 0.6 is 0 Å². The Balaban J connectivity index is 1.36. The number of fused-ring (bicyclic) bond motifs is 1. The number of benzene rings is 1. The Labute approximate surface area is 169 Å². The van der Waals surface area contributed by atoms with Gasteiger partial charge in [0, 0.05) is 74.6 Å². The van der Waals surface area contributed by atoms with Crippen molar-refractivity contribution in [1.29, 1.82) is 0 Å². The van der Waals surface area contributed by atoms with Gasteiger partial charge in [0.05, 0.1) is 17.0 Å². The summed E-state index contributed by atoms with van der Waals surface area (Å²) in [6, 6.07) is 10.4. The van der Waals surface area contributed by atoms with Gasteiger partial charge >= 0.3 is 0 Å². The van der Waals surface area contributed by atoms with Gasteiger partial charge in [0.2, 0.25) is 0 Å². The van der Waals surface area contributed by atoms with Gasteiger partial charge in [0.1, 0.15) is 6.33 Å². The van der Waals surface area contributed by atoms with Crippen LogP contribution < -0.4 is 0 Å². The van der Waals surface area contributed by atoms with Crippen molar-refractivity contribution in [3.05, 3.63) is 78.3 Å². The molecule has 0 unspecified atom stereocenters. The standard InChI is InChI=1S/C22H21N7/c1-28-12-19(21(27-28)16-5-3-2-4-6-16)14-29-8-7-20-18(13-29)11-25-22(26-20)17-9-23-15-24-10-17/h2-6,9-12,15H,7-8,13-14H2,1H3. The highest BCUT2D eigenvalue weighted by molar-refractivity contribution is 5.62. The molecular formula is C22H21N7. The van der Waals surface area contributed by atoms with Crippen LogP contribution in [0.1, 0.15) is 16.8 Å². The van der Waals surface area contributed by atoms with Crippen LogP contribution in [0.2, 0.25) is 0 Å². The van der Waals surface area contributed by atoms with E-state index in [0.717, 1.165) is 48.6 Å². The summed E-state index contributed by atoms with van der Waals surface area (Å²) in [4.78, 5) is 19.8. The number of nitrogens with zero attached hydrogens (tertiary/aromatic N) is 7. The van der Waals surface area contributed by atoms with Crippen LogP contribution in [0.15, 0.2) is 61.4 Å². The molecular weight excluding hydrogens is 362 g/mol. The van der Waals surface area contributed by atoms with E-state index in [-0.39, 0.29) is 0 Å². The molecule has 29 heavy (non-hydrogen) atoms. The molecule has 5 rings (SSSR count). The predicted molar refractivity (Wildman–Crippen MR) is 110 cm³/mol. The summed E-state index contributed by atoms with van der Waals surface area (Å²) in [6.45, 7) is 2.65. The number of hydrogen-bond donors (Lipinski definition) is 0. The summed E-state index contributed by atoms with van der Waals surface area (Å²) < 4.78 is 1.90. The first kappa shape index (κ1) is 17.6. The molecule has 1 aliphatic rings. The topological polar surface area (TPSA) is 72.6 Å². The molecule has 1 aromatic carbocycles. The molecule has 0 fully saturated rings. The first-order valence-corrected chi connectivity index (χ1v) is 9.67. The van der Waals surface area contributed by atoms with Crippen molar-refractivity contribution in [2.45, 2.75) is 19.5 Å². The van der Waals surface area contributed by atoms with Crippen LogP contribution in [0.3, 0.4) is 0 Å². The molecule has 4 aromatic rings. The third-order valence-electron chi connectivity index (χ3n) is 5.18. The highest BCUT2D eigenvalue weighted by Gasteiger charge is 2.21. The molecule has 0 aliphatic carbocycles. The lowest BCUT2D eigenvalue weighted by molar-refractivity contribution is 0.243. The Hall–Kier alpha value is -3.45. The van der Waals surface area contributed by atoms with Gasteiger partial charge in [-0.05, 0) is 0 Å². The first-order valence-electron chi connectivity index (χ1n) is 9.67. The van der Waals surface area contributed by atoms with Gasteiger partial charge in [-0.25, -0.2) is 19.9 Å². The van der Waals surface area contributed by atoms with E-state index in [4.69, 9.17) is 4.98 Å². The van der Waals surface area contributed by atoms with Crippen molar-refractivity contribution < 1.29 is 0 Å². The summed E-state index contributed by atoms with van der Waals surface area (Å²) in [5, 5.41) is 4.69. The fourth-order valence-corrected chi connectivity index (χ4v) is 3.80. The van der Waals surface area contributed by atoms with Crippen molar-refractivity contribution in [2.24, 2.45) is 7.05 Å². The van der Waals surface area contributed by atoms with Crippen LogP contribution in [0.4, 0.5) is 0 Å². The number of hydrogen-bond acceptors (Lipinski definition) is 6. The zero-order valence-electron chi connectivity index (χ0n) is 16.2. The molecule has 0 radical (unpaired) electrons. The third-order valence-corrected chi connectivity index (χ3v) is 5.18. The molecule has 7 nitrogen and oxygen atoms in total. The molecule has 144 valence electrons. The zero-order valence-corrected chi connectivity index (χ0v) is 16.2. The summed E-state index contributed by atoms with van der Waals surface area (Å²) in [7, 11) is 1.98. The minimum Gasteiger partial charge on any atom is -0.294 e. The van der Waals surface area contributed by atoms with Crippen molar-refractivity contribution >= 4 is 0 Å². The largest absolute Gasteiger partial charge is 0.294 e. The van der Waals surface area contributed by atoms with Crippen LogP contribution in [0, 0.1) is 0 Å². The van der Waals surface area contributed by atoms with Gasteiger partial charge in [-0.1, -0.05) is 30.3 Å². The Bertz CT molecular complexity index is 1120. The first-order chi connectivity index (χ1) is 14.3. The summed E-state index contributed by atoms with van der Waals surface area (Å²) in [5.41, 5.74) is 6.58. The molecule has 7 heteroatoms. The van der Waals surface area contributed by atoms with Crippen LogP contribution in [-0.2, 0) is 26.6 Å². The number of aryl methyl sites for hydroxylation is 1. The average Bonchev–Trinajstić information content (AvgIpc) is 3.14. The maximum absolute atomic E-state index is 4.76. The number of rotatable bonds is 4. The molecule has 0 amide bonds. The molecule has 0 spiro atoms. The van der Waals surface area contributed by atoms with E-state index in [1.54, 1.807) is 12.4 Å². The Kier molecular flexibility index (Phi) is 4.57.